The first-order valence-electron chi connectivity index (χ1n) is 5.26. The molecule has 1 unspecified atom stereocenters. The van der Waals surface area contributed by atoms with E-state index in [1.54, 1.807) is 7.05 Å². The lowest BCUT2D eigenvalue weighted by Gasteiger charge is -2.33. The van der Waals surface area contributed by atoms with Crippen molar-refractivity contribution in [3.63, 3.8) is 0 Å². The SMILES string of the molecule is CN=C(N)N1CCCC(SC(C)C)C1. The van der Waals surface area contributed by atoms with Crippen LogP contribution in [0.4, 0.5) is 0 Å². The summed E-state index contributed by atoms with van der Waals surface area (Å²) in [4.78, 5) is 6.23. The summed E-state index contributed by atoms with van der Waals surface area (Å²) in [7, 11) is 1.76. The van der Waals surface area contributed by atoms with Gasteiger partial charge in [0.1, 0.15) is 0 Å². The first kappa shape index (κ1) is 11.7. The summed E-state index contributed by atoms with van der Waals surface area (Å²) < 4.78 is 0. The Bertz CT molecular complexity index is 204. The van der Waals surface area contributed by atoms with Crippen LogP contribution >= 0.6 is 11.8 Å². The van der Waals surface area contributed by atoms with Gasteiger partial charge in [0.15, 0.2) is 5.96 Å². The molecule has 0 saturated carbocycles. The van der Waals surface area contributed by atoms with Gasteiger partial charge in [0.2, 0.25) is 0 Å². The van der Waals surface area contributed by atoms with Crippen LogP contribution < -0.4 is 5.73 Å². The Kier molecular flexibility index (Phi) is 4.58. The average Bonchev–Trinajstić information content (AvgIpc) is 2.16. The Hall–Kier alpha value is -0.380. The zero-order valence-corrected chi connectivity index (χ0v) is 10.2. The van der Waals surface area contributed by atoms with Crippen LogP contribution in [0.1, 0.15) is 26.7 Å². The standard InChI is InChI=1S/C10H21N3S/c1-8(2)14-9-5-4-6-13(7-9)10(11)12-3/h8-9H,4-7H2,1-3H3,(H2,11,12). The molecule has 0 bridgehead atoms. The van der Waals surface area contributed by atoms with Crippen LogP contribution in [0.3, 0.4) is 0 Å². The van der Waals surface area contributed by atoms with E-state index in [0.717, 1.165) is 18.3 Å². The Morgan fingerprint density at radius 2 is 2.29 bits per heavy atom. The summed E-state index contributed by atoms with van der Waals surface area (Å²) in [5.41, 5.74) is 5.81. The van der Waals surface area contributed by atoms with Crippen LogP contribution in [-0.4, -0.2) is 41.5 Å². The Labute approximate surface area is 91.1 Å². The fraction of sp³-hybridized carbons (Fsp3) is 0.900. The minimum absolute atomic E-state index is 0.694. The fourth-order valence-corrected chi connectivity index (χ4v) is 3.12. The molecule has 82 valence electrons. The van der Waals surface area contributed by atoms with Crippen LogP contribution in [0.2, 0.25) is 0 Å². The maximum absolute atomic E-state index is 5.81. The van der Waals surface area contributed by atoms with Crippen LogP contribution in [0.15, 0.2) is 4.99 Å². The summed E-state index contributed by atoms with van der Waals surface area (Å²) in [5.74, 6) is 0.694. The van der Waals surface area contributed by atoms with E-state index in [-0.39, 0.29) is 0 Å². The molecule has 14 heavy (non-hydrogen) atoms. The van der Waals surface area contributed by atoms with Crippen molar-refractivity contribution in [1.82, 2.24) is 4.90 Å². The number of likely N-dealkylation sites (tertiary alicyclic amines) is 1. The first-order valence-corrected chi connectivity index (χ1v) is 6.20. The van der Waals surface area contributed by atoms with E-state index in [0.29, 0.717) is 11.2 Å². The number of hydrogen-bond donors (Lipinski definition) is 1. The smallest absolute Gasteiger partial charge is 0.191 e. The lowest BCUT2D eigenvalue weighted by Crippen LogP contribution is -2.45. The van der Waals surface area contributed by atoms with Gasteiger partial charge < -0.3 is 10.6 Å². The molecule has 4 heteroatoms. The fourth-order valence-electron chi connectivity index (χ4n) is 1.78. The molecule has 0 aromatic rings. The van der Waals surface area contributed by atoms with Crippen molar-refractivity contribution in [3.8, 4) is 0 Å². The molecule has 1 rings (SSSR count). The van der Waals surface area contributed by atoms with Crippen molar-refractivity contribution in [2.24, 2.45) is 10.7 Å². The van der Waals surface area contributed by atoms with E-state index in [2.05, 4.69) is 35.5 Å². The third kappa shape index (κ3) is 3.40. The van der Waals surface area contributed by atoms with Crippen LogP contribution in [0.25, 0.3) is 0 Å². The lowest BCUT2D eigenvalue weighted by atomic mass is 10.1. The van der Waals surface area contributed by atoms with Crippen molar-refractivity contribution in [1.29, 1.82) is 0 Å². The summed E-state index contributed by atoms with van der Waals surface area (Å²) in [6.07, 6.45) is 2.55. The highest BCUT2D eigenvalue weighted by Gasteiger charge is 2.21. The van der Waals surface area contributed by atoms with E-state index in [4.69, 9.17) is 5.73 Å². The number of nitrogens with two attached hydrogens (primary N) is 1. The second-order valence-electron chi connectivity index (χ2n) is 3.98. The van der Waals surface area contributed by atoms with Crippen molar-refractivity contribution >= 4 is 17.7 Å². The van der Waals surface area contributed by atoms with E-state index in [9.17, 15) is 0 Å². The van der Waals surface area contributed by atoms with Crippen molar-refractivity contribution in [3.05, 3.63) is 0 Å². The molecule has 0 spiro atoms. The molecule has 1 aliphatic heterocycles. The molecule has 1 atom stereocenters. The summed E-state index contributed by atoms with van der Waals surface area (Å²) in [6, 6.07) is 0. The summed E-state index contributed by atoms with van der Waals surface area (Å²) >= 11 is 2.05. The molecule has 3 nitrogen and oxygen atoms in total. The zero-order valence-electron chi connectivity index (χ0n) is 9.36. The van der Waals surface area contributed by atoms with E-state index < -0.39 is 0 Å². The van der Waals surface area contributed by atoms with Gasteiger partial charge in [0, 0.05) is 25.4 Å². The molecule has 0 aromatic heterocycles. The molecule has 1 heterocycles. The molecule has 0 radical (unpaired) electrons. The molecule has 1 fully saturated rings. The summed E-state index contributed by atoms with van der Waals surface area (Å²) in [5, 5.41) is 1.43. The van der Waals surface area contributed by atoms with Gasteiger partial charge in [0.05, 0.1) is 0 Å². The number of guanidine groups is 1. The summed E-state index contributed by atoms with van der Waals surface area (Å²) in [6.45, 7) is 6.63. The van der Waals surface area contributed by atoms with Crippen LogP contribution in [0.5, 0.6) is 0 Å². The molecule has 0 amide bonds. The first-order chi connectivity index (χ1) is 6.63. The Morgan fingerprint density at radius 3 is 2.86 bits per heavy atom. The number of hydrogen-bond acceptors (Lipinski definition) is 2. The third-order valence-corrected chi connectivity index (χ3v) is 3.71. The minimum Gasteiger partial charge on any atom is -0.370 e. The van der Waals surface area contributed by atoms with Crippen molar-refractivity contribution < 1.29 is 0 Å². The van der Waals surface area contributed by atoms with Gasteiger partial charge >= 0.3 is 0 Å². The third-order valence-electron chi connectivity index (χ3n) is 2.40. The topological polar surface area (TPSA) is 41.6 Å². The number of piperidine rings is 1. The Balaban J connectivity index is 2.43. The zero-order chi connectivity index (χ0) is 10.6. The molecule has 0 aliphatic carbocycles. The number of thioether (sulfide) groups is 1. The highest BCUT2D eigenvalue weighted by atomic mass is 32.2. The monoisotopic (exact) mass is 215 g/mol. The predicted octanol–water partition coefficient (Wildman–Crippen LogP) is 1.54. The largest absolute Gasteiger partial charge is 0.370 e. The van der Waals surface area contributed by atoms with Gasteiger partial charge in [-0.3, -0.25) is 4.99 Å². The molecule has 1 aliphatic rings. The Morgan fingerprint density at radius 1 is 1.57 bits per heavy atom. The number of rotatable bonds is 2. The second kappa shape index (κ2) is 5.49. The molecule has 2 N–H and O–H groups in total. The van der Waals surface area contributed by atoms with Gasteiger partial charge in [-0.15, -0.1) is 0 Å². The predicted molar refractivity (Wildman–Crippen MR) is 64.9 cm³/mol. The van der Waals surface area contributed by atoms with Gasteiger partial charge in [-0.05, 0) is 18.1 Å². The van der Waals surface area contributed by atoms with Gasteiger partial charge in [0.25, 0.3) is 0 Å². The second-order valence-corrected chi connectivity index (χ2v) is 5.86. The van der Waals surface area contributed by atoms with Crippen LogP contribution in [-0.2, 0) is 0 Å². The molecular formula is C10H21N3S. The van der Waals surface area contributed by atoms with Gasteiger partial charge in [-0.25, -0.2) is 0 Å². The van der Waals surface area contributed by atoms with E-state index >= 15 is 0 Å². The maximum Gasteiger partial charge on any atom is 0.191 e. The highest BCUT2D eigenvalue weighted by Crippen LogP contribution is 2.25. The lowest BCUT2D eigenvalue weighted by molar-refractivity contribution is 0.346. The molecular weight excluding hydrogens is 194 g/mol. The van der Waals surface area contributed by atoms with E-state index in [1.165, 1.54) is 12.8 Å². The van der Waals surface area contributed by atoms with Crippen molar-refractivity contribution in [2.75, 3.05) is 20.1 Å². The normalized spacial score (nSPS) is 24.4. The van der Waals surface area contributed by atoms with E-state index in [1.807, 2.05) is 0 Å². The average molecular weight is 215 g/mol. The maximum atomic E-state index is 5.81. The van der Waals surface area contributed by atoms with Crippen molar-refractivity contribution in [2.45, 2.75) is 37.2 Å². The minimum atomic E-state index is 0.694. The molecule has 0 aromatic carbocycles. The quantitative estimate of drug-likeness (QED) is 0.561. The number of nitrogens with zero attached hydrogens (tertiary/aromatic N) is 2. The van der Waals surface area contributed by atoms with Gasteiger partial charge in [-0.2, -0.15) is 11.8 Å². The molecule has 1 saturated heterocycles. The van der Waals surface area contributed by atoms with Crippen LogP contribution in [0, 0.1) is 0 Å². The van der Waals surface area contributed by atoms with Gasteiger partial charge in [-0.1, -0.05) is 13.8 Å². The highest BCUT2D eigenvalue weighted by molar-refractivity contribution is 8.00. The number of aliphatic imine (C=N–C) groups is 1.